The Morgan fingerprint density at radius 2 is 2.21 bits per heavy atom. The second kappa shape index (κ2) is 4.89. The summed E-state index contributed by atoms with van der Waals surface area (Å²) in [6, 6.07) is 3.58. The lowest BCUT2D eigenvalue weighted by atomic mass is 10.2. The number of hydrogen-bond donors (Lipinski definition) is 1. The highest BCUT2D eigenvalue weighted by atomic mass is 35.5. The van der Waals surface area contributed by atoms with E-state index in [-0.39, 0.29) is 22.2 Å². The minimum absolute atomic E-state index is 0.0403. The third kappa shape index (κ3) is 2.53. The molecule has 1 N–H and O–H groups in total. The number of nitrogens with zero attached hydrogens (tertiary/aromatic N) is 2. The monoisotopic (exact) mass is 284 g/mol. The van der Waals surface area contributed by atoms with Gasteiger partial charge < -0.3 is 9.84 Å². The van der Waals surface area contributed by atoms with Crippen molar-refractivity contribution in [2.24, 2.45) is 7.05 Å². The largest absolute Gasteiger partial charge is 0.477 e. The lowest BCUT2D eigenvalue weighted by Crippen LogP contribution is -2.02. The topological polar surface area (TPSA) is 64.4 Å². The third-order valence-corrected chi connectivity index (χ3v) is 2.78. The van der Waals surface area contributed by atoms with Gasteiger partial charge >= 0.3 is 5.97 Å². The first-order valence-corrected chi connectivity index (χ1v) is 5.67. The highest BCUT2D eigenvalue weighted by Crippen LogP contribution is 2.32. The Hall–Kier alpha value is -2.08. The van der Waals surface area contributed by atoms with Gasteiger partial charge in [0, 0.05) is 7.05 Å². The van der Waals surface area contributed by atoms with Crippen molar-refractivity contribution in [2.75, 3.05) is 0 Å². The summed E-state index contributed by atoms with van der Waals surface area (Å²) >= 11 is 5.83. The van der Waals surface area contributed by atoms with Crippen LogP contribution in [-0.2, 0) is 7.05 Å². The van der Waals surface area contributed by atoms with Crippen molar-refractivity contribution in [1.82, 2.24) is 9.78 Å². The molecule has 100 valence electrons. The molecule has 0 atom stereocenters. The zero-order valence-corrected chi connectivity index (χ0v) is 10.9. The molecular formula is C12H10ClFN2O3. The van der Waals surface area contributed by atoms with E-state index in [2.05, 4.69) is 5.10 Å². The van der Waals surface area contributed by atoms with Crippen molar-refractivity contribution in [3.63, 3.8) is 0 Å². The van der Waals surface area contributed by atoms with Crippen LogP contribution in [0.15, 0.2) is 18.2 Å². The molecule has 0 aliphatic rings. The first kappa shape index (κ1) is 13.4. The van der Waals surface area contributed by atoms with Gasteiger partial charge in [-0.2, -0.15) is 5.10 Å². The quantitative estimate of drug-likeness (QED) is 0.941. The van der Waals surface area contributed by atoms with Crippen molar-refractivity contribution >= 4 is 17.6 Å². The van der Waals surface area contributed by atoms with Crippen LogP contribution in [0.2, 0.25) is 5.02 Å². The van der Waals surface area contributed by atoms with Crippen molar-refractivity contribution in [3.8, 4) is 11.6 Å². The van der Waals surface area contributed by atoms with E-state index in [0.29, 0.717) is 5.69 Å². The maximum absolute atomic E-state index is 12.9. The fourth-order valence-electron chi connectivity index (χ4n) is 1.66. The van der Waals surface area contributed by atoms with E-state index in [0.717, 1.165) is 6.07 Å². The average Bonchev–Trinajstić information content (AvgIpc) is 2.57. The van der Waals surface area contributed by atoms with E-state index >= 15 is 0 Å². The van der Waals surface area contributed by atoms with E-state index in [1.807, 2.05) is 0 Å². The summed E-state index contributed by atoms with van der Waals surface area (Å²) in [5, 5.41) is 13.1. The molecule has 2 rings (SSSR count). The molecule has 0 saturated heterocycles. The van der Waals surface area contributed by atoms with Crippen LogP contribution in [0.5, 0.6) is 11.6 Å². The summed E-state index contributed by atoms with van der Waals surface area (Å²) in [6.07, 6.45) is 0. The summed E-state index contributed by atoms with van der Waals surface area (Å²) in [7, 11) is 1.55. The van der Waals surface area contributed by atoms with Gasteiger partial charge in [0.05, 0.1) is 10.7 Å². The average molecular weight is 285 g/mol. The minimum Gasteiger partial charge on any atom is -0.477 e. The van der Waals surface area contributed by atoms with Crippen LogP contribution in [-0.4, -0.2) is 20.9 Å². The fraction of sp³-hybridized carbons (Fsp3) is 0.167. The Kier molecular flexibility index (Phi) is 3.44. The molecule has 0 fully saturated rings. The molecule has 5 nitrogen and oxygen atoms in total. The Labute approximate surface area is 113 Å². The lowest BCUT2D eigenvalue weighted by molar-refractivity contribution is 0.0693. The highest BCUT2D eigenvalue weighted by Gasteiger charge is 2.22. The third-order valence-electron chi connectivity index (χ3n) is 2.48. The van der Waals surface area contributed by atoms with Crippen LogP contribution < -0.4 is 4.74 Å². The van der Waals surface area contributed by atoms with Crippen LogP contribution in [0.3, 0.4) is 0 Å². The van der Waals surface area contributed by atoms with E-state index in [9.17, 15) is 9.18 Å². The molecule has 1 aromatic heterocycles. The number of rotatable bonds is 3. The van der Waals surface area contributed by atoms with E-state index in [4.69, 9.17) is 21.4 Å². The van der Waals surface area contributed by atoms with E-state index in [1.165, 1.54) is 16.8 Å². The summed E-state index contributed by atoms with van der Waals surface area (Å²) in [4.78, 5) is 11.2. The molecule has 7 heteroatoms. The van der Waals surface area contributed by atoms with Gasteiger partial charge in [0.1, 0.15) is 17.1 Å². The zero-order chi connectivity index (χ0) is 14.2. The SMILES string of the molecule is Cc1nn(C)c(Oc2ccc(F)cc2Cl)c1C(=O)O. The molecule has 0 amide bonds. The van der Waals surface area contributed by atoms with Gasteiger partial charge in [-0.15, -0.1) is 0 Å². The molecule has 0 radical (unpaired) electrons. The molecule has 1 aromatic carbocycles. The van der Waals surface area contributed by atoms with Crippen LogP contribution in [0, 0.1) is 12.7 Å². The maximum atomic E-state index is 12.9. The second-order valence-corrected chi connectivity index (χ2v) is 4.28. The van der Waals surface area contributed by atoms with Gasteiger partial charge in [0.15, 0.2) is 0 Å². The van der Waals surface area contributed by atoms with Crippen molar-refractivity contribution in [3.05, 3.63) is 40.3 Å². The summed E-state index contributed by atoms with van der Waals surface area (Å²) < 4.78 is 19.6. The number of ether oxygens (including phenoxy) is 1. The zero-order valence-electron chi connectivity index (χ0n) is 10.1. The molecule has 2 aromatic rings. The minimum atomic E-state index is -1.15. The van der Waals surface area contributed by atoms with Crippen molar-refractivity contribution < 1.29 is 19.0 Å². The standard InChI is InChI=1S/C12H10ClFN2O3/c1-6-10(12(17)18)11(16(2)15-6)19-9-4-3-7(14)5-8(9)13/h3-5H,1-2H3,(H,17,18). The Morgan fingerprint density at radius 1 is 1.53 bits per heavy atom. The number of carboxylic acid groups (broad SMARTS) is 1. The number of aromatic nitrogens is 2. The van der Waals surface area contributed by atoms with E-state index < -0.39 is 11.8 Å². The summed E-state index contributed by atoms with van der Waals surface area (Å²) in [6.45, 7) is 1.56. The van der Waals surface area contributed by atoms with Gasteiger partial charge in [-0.1, -0.05) is 11.6 Å². The smallest absolute Gasteiger partial charge is 0.343 e. The molecule has 0 saturated carbocycles. The van der Waals surface area contributed by atoms with Gasteiger partial charge in [-0.3, -0.25) is 0 Å². The molecule has 0 aliphatic heterocycles. The van der Waals surface area contributed by atoms with Gasteiger partial charge in [-0.05, 0) is 25.1 Å². The summed E-state index contributed by atoms with van der Waals surface area (Å²) in [5.74, 6) is -1.46. The second-order valence-electron chi connectivity index (χ2n) is 3.87. The molecule has 1 heterocycles. The first-order valence-electron chi connectivity index (χ1n) is 5.30. The van der Waals surface area contributed by atoms with Crippen LogP contribution in [0.25, 0.3) is 0 Å². The molecular weight excluding hydrogens is 275 g/mol. The normalized spacial score (nSPS) is 10.5. The Morgan fingerprint density at radius 3 is 2.79 bits per heavy atom. The predicted octanol–water partition coefficient (Wildman–Crippen LogP) is 3.01. The number of carbonyl (C=O) groups is 1. The molecule has 0 aliphatic carbocycles. The van der Waals surface area contributed by atoms with Gasteiger partial charge in [-0.25, -0.2) is 13.9 Å². The number of halogens is 2. The number of aryl methyl sites for hydroxylation is 2. The Balaban J connectivity index is 2.46. The van der Waals surface area contributed by atoms with Crippen LogP contribution in [0.4, 0.5) is 4.39 Å². The number of aromatic carboxylic acids is 1. The molecule has 0 spiro atoms. The lowest BCUT2D eigenvalue weighted by Gasteiger charge is -2.08. The van der Waals surface area contributed by atoms with Gasteiger partial charge in [0.25, 0.3) is 0 Å². The highest BCUT2D eigenvalue weighted by molar-refractivity contribution is 6.32. The number of carboxylic acids is 1. The van der Waals surface area contributed by atoms with E-state index in [1.54, 1.807) is 14.0 Å². The van der Waals surface area contributed by atoms with Crippen LogP contribution in [0.1, 0.15) is 16.1 Å². The Bertz CT molecular complexity index is 655. The fourth-order valence-corrected chi connectivity index (χ4v) is 1.87. The van der Waals surface area contributed by atoms with Gasteiger partial charge in [0.2, 0.25) is 5.88 Å². The first-order chi connectivity index (χ1) is 8.90. The number of hydrogen-bond acceptors (Lipinski definition) is 3. The summed E-state index contributed by atoms with van der Waals surface area (Å²) in [5.41, 5.74) is 0.270. The number of benzene rings is 1. The van der Waals surface area contributed by atoms with Crippen LogP contribution >= 0.6 is 11.6 Å². The van der Waals surface area contributed by atoms with Crippen molar-refractivity contribution in [1.29, 1.82) is 0 Å². The van der Waals surface area contributed by atoms with Crippen molar-refractivity contribution in [2.45, 2.75) is 6.92 Å². The maximum Gasteiger partial charge on any atom is 0.343 e. The molecule has 0 bridgehead atoms. The molecule has 19 heavy (non-hydrogen) atoms. The predicted molar refractivity (Wildman–Crippen MR) is 66.4 cm³/mol. The molecule has 0 unspecified atom stereocenters.